The topological polar surface area (TPSA) is 55.3 Å². The fraction of sp³-hybridized carbons (Fsp3) is 0.438. The van der Waals surface area contributed by atoms with Gasteiger partial charge in [0.05, 0.1) is 37.1 Å². The summed E-state index contributed by atoms with van der Waals surface area (Å²) >= 11 is 1.54. The highest BCUT2D eigenvalue weighted by Gasteiger charge is 2.40. The van der Waals surface area contributed by atoms with E-state index in [2.05, 4.69) is 9.97 Å². The Kier molecular flexibility index (Phi) is 3.63. The molecule has 0 spiro atoms. The summed E-state index contributed by atoms with van der Waals surface area (Å²) in [5.41, 5.74) is 1.69. The van der Waals surface area contributed by atoms with Crippen LogP contribution in [0.2, 0.25) is 0 Å². The Morgan fingerprint density at radius 1 is 1.32 bits per heavy atom. The first-order chi connectivity index (χ1) is 10.8. The summed E-state index contributed by atoms with van der Waals surface area (Å²) in [5.74, 6) is 0.175. The van der Waals surface area contributed by atoms with E-state index in [-0.39, 0.29) is 11.9 Å². The summed E-state index contributed by atoms with van der Waals surface area (Å²) in [6.07, 6.45) is 4.38. The molecule has 0 atom stereocenters. The van der Waals surface area contributed by atoms with Crippen LogP contribution >= 0.6 is 11.3 Å². The van der Waals surface area contributed by atoms with Crippen LogP contribution in [-0.4, -0.2) is 46.1 Å². The highest BCUT2D eigenvalue weighted by molar-refractivity contribution is 7.13. The van der Waals surface area contributed by atoms with Crippen LogP contribution in [-0.2, 0) is 16.0 Å². The maximum atomic E-state index is 12.6. The summed E-state index contributed by atoms with van der Waals surface area (Å²) in [5, 5.41) is 2.83. The predicted molar refractivity (Wildman–Crippen MR) is 83.5 cm³/mol. The fourth-order valence-electron chi connectivity index (χ4n) is 2.68. The van der Waals surface area contributed by atoms with E-state index in [9.17, 15) is 4.79 Å². The molecule has 2 aromatic heterocycles. The number of hydrogen-bond donors (Lipinski definition) is 0. The van der Waals surface area contributed by atoms with Gasteiger partial charge in [0, 0.05) is 17.6 Å². The van der Waals surface area contributed by atoms with Gasteiger partial charge in [-0.3, -0.25) is 9.78 Å². The smallest absolute Gasteiger partial charge is 0.229 e. The number of rotatable bonds is 5. The number of nitrogens with zero attached hydrogens (tertiary/aromatic N) is 3. The van der Waals surface area contributed by atoms with E-state index in [4.69, 9.17) is 4.74 Å². The lowest BCUT2D eigenvalue weighted by molar-refractivity contribution is -0.144. The molecule has 1 aliphatic heterocycles. The molecule has 0 radical (unpaired) electrons. The molecule has 1 saturated heterocycles. The van der Waals surface area contributed by atoms with E-state index in [0.29, 0.717) is 25.7 Å². The SMILES string of the molecule is O=C(Cc1csc(-c2ccccn2)n1)N(C1CC1)C1COC1. The van der Waals surface area contributed by atoms with Gasteiger partial charge < -0.3 is 9.64 Å². The molecule has 1 amide bonds. The normalized spacial score (nSPS) is 18.0. The van der Waals surface area contributed by atoms with E-state index in [1.54, 1.807) is 6.20 Å². The molecule has 0 aromatic carbocycles. The van der Waals surface area contributed by atoms with Crippen LogP contribution in [0.25, 0.3) is 10.7 Å². The molecule has 1 saturated carbocycles. The Hall–Kier alpha value is -1.79. The van der Waals surface area contributed by atoms with Crippen LogP contribution < -0.4 is 0 Å². The molecule has 6 heteroatoms. The van der Waals surface area contributed by atoms with E-state index in [1.165, 1.54) is 11.3 Å². The lowest BCUT2D eigenvalue weighted by Gasteiger charge is -2.37. The highest BCUT2D eigenvalue weighted by Crippen LogP contribution is 2.31. The molecule has 3 heterocycles. The number of carbonyl (C=O) groups excluding carboxylic acids is 1. The first kappa shape index (κ1) is 13.8. The van der Waals surface area contributed by atoms with Crippen molar-refractivity contribution in [3.05, 3.63) is 35.5 Å². The lowest BCUT2D eigenvalue weighted by atomic mass is 10.2. The predicted octanol–water partition coefficient (Wildman–Crippen LogP) is 2.14. The van der Waals surface area contributed by atoms with Crippen molar-refractivity contribution in [2.24, 2.45) is 0 Å². The minimum atomic E-state index is 0.175. The van der Waals surface area contributed by atoms with Crippen LogP contribution in [0.3, 0.4) is 0 Å². The molecule has 0 N–H and O–H groups in total. The van der Waals surface area contributed by atoms with Crippen LogP contribution in [0, 0.1) is 0 Å². The van der Waals surface area contributed by atoms with Gasteiger partial charge >= 0.3 is 0 Å². The van der Waals surface area contributed by atoms with Gasteiger partial charge in [-0.05, 0) is 25.0 Å². The van der Waals surface area contributed by atoms with Crippen molar-refractivity contribution in [3.63, 3.8) is 0 Å². The first-order valence-electron chi connectivity index (χ1n) is 7.56. The number of ether oxygens (including phenoxy) is 1. The summed E-state index contributed by atoms with van der Waals surface area (Å²) in [6.45, 7) is 1.36. The Labute approximate surface area is 133 Å². The van der Waals surface area contributed by atoms with Crippen molar-refractivity contribution in [1.82, 2.24) is 14.9 Å². The maximum absolute atomic E-state index is 12.6. The van der Waals surface area contributed by atoms with Gasteiger partial charge in [-0.2, -0.15) is 0 Å². The molecule has 22 heavy (non-hydrogen) atoms. The second-order valence-corrected chi connectivity index (χ2v) is 6.62. The van der Waals surface area contributed by atoms with Gasteiger partial charge in [-0.25, -0.2) is 4.98 Å². The van der Waals surface area contributed by atoms with Gasteiger partial charge in [-0.1, -0.05) is 6.07 Å². The molecule has 2 fully saturated rings. The van der Waals surface area contributed by atoms with E-state index < -0.39 is 0 Å². The second kappa shape index (κ2) is 5.78. The molecule has 114 valence electrons. The molecule has 0 bridgehead atoms. The van der Waals surface area contributed by atoms with Crippen LogP contribution in [0.4, 0.5) is 0 Å². The fourth-order valence-corrected chi connectivity index (χ4v) is 3.48. The zero-order valence-electron chi connectivity index (χ0n) is 12.1. The Morgan fingerprint density at radius 3 is 2.82 bits per heavy atom. The Balaban J connectivity index is 1.46. The molecule has 5 nitrogen and oxygen atoms in total. The number of amides is 1. The molecule has 4 rings (SSSR count). The molecule has 2 aliphatic rings. The first-order valence-corrected chi connectivity index (χ1v) is 8.44. The second-order valence-electron chi connectivity index (χ2n) is 5.76. The minimum absolute atomic E-state index is 0.175. The number of carbonyl (C=O) groups is 1. The van der Waals surface area contributed by atoms with E-state index in [0.717, 1.165) is 29.2 Å². The minimum Gasteiger partial charge on any atom is -0.377 e. The highest BCUT2D eigenvalue weighted by atomic mass is 32.1. The quantitative estimate of drug-likeness (QED) is 0.848. The van der Waals surface area contributed by atoms with Gasteiger partial charge in [0.25, 0.3) is 0 Å². The Morgan fingerprint density at radius 2 is 2.18 bits per heavy atom. The molecule has 0 unspecified atom stereocenters. The zero-order valence-corrected chi connectivity index (χ0v) is 13.0. The molecular weight excluding hydrogens is 298 g/mol. The Bertz CT molecular complexity index is 665. The van der Waals surface area contributed by atoms with E-state index >= 15 is 0 Å². The number of hydrogen-bond acceptors (Lipinski definition) is 5. The largest absolute Gasteiger partial charge is 0.377 e. The standard InChI is InChI=1S/C16H17N3O2S/c20-15(19(12-4-5-12)13-8-21-9-13)7-11-10-22-16(18-11)14-3-1-2-6-17-14/h1-3,6,10,12-13H,4-5,7-9H2. The summed E-state index contributed by atoms with van der Waals surface area (Å²) in [4.78, 5) is 23.5. The average Bonchev–Trinajstić information content (AvgIpc) is 3.22. The average molecular weight is 315 g/mol. The number of pyridine rings is 1. The maximum Gasteiger partial charge on any atom is 0.229 e. The monoisotopic (exact) mass is 315 g/mol. The summed E-state index contributed by atoms with van der Waals surface area (Å²) < 4.78 is 5.24. The van der Waals surface area contributed by atoms with Crippen LogP contribution in [0.5, 0.6) is 0 Å². The number of aromatic nitrogens is 2. The van der Waals surface area contributed by atoms with E-state index in [1.807, 2.05) is 28.5 Å². The summed E-state index contributed by atoms with van der Waals surface area (Å²) in [7, 11) is 0. The van der Waals surface area contributed by atoms with Crippen molar-refractivity contribution in [2.75, 3.05) is 13.2 Å². The van der Waals surface area contributed by atoms with Gasteiger partial charge in [0.1, 0.15) is 5.01 Å². The lowest BCUT2D eigenvalue weighted by Crippen LogP contribution is -2.53. The summed E-state index contributed by atoms with van der Waals surface area (Å²) in [6, 6.07) is 6.46. The van der Waals surface area contributed by atoms with Crippen molar-refractivity contribution >= 4 is 17.2 Å². The van der Waals surface area contributed by atoms with Gasteiger partial charge in [-0.15, -0.1) is 11.3 Å². The van der Waals surface area contributed by atoms with Crippen LogP contribution in [0.15, 0.2) is 29.8 Å². The van der Waals surface area contributed by atoms with Gasteiger partial charge in [0.2, 0.25) is 5.91 Å². The molecular formula is C16H17N3O2S. The number of thiazole rings is 1. The zero-order chi connectivity index (χ0) is 14.9. The van der Waals surface area contributed by atoms with Crippen molar-refractivity contribution < 1.29 is 9.53 Å². The van der Waals surface area contributed by atoms with Crippen molar-refractivity contribution in [1.29, 1.82) is 0 Å². The van der Waals surface area contributed by atoms with Gasteiger partial charge in [0.15, 0.2) is 0 Å². The van der Waals surface area contributed by atoms with Crippen molar-refractivity contribution in [2.45, 2.75) is 31.3 Å². The third-order valence-corrected chi connectivity index (χ3v) is 4.92. The molecule has 2 aromatic rings. The van der Waals surface area contributed by atoms with Crippen LogP contribution in [0.1, 0.15) is 18.5 Å². The van der Waals surface area contributed by atoms with Crippen molar-refractivity contribution in [3.8, 4) is 10.7 Å². The molecule has 1 aliphatic carbocycles. The third-order valence-electron chi connectivity index (χ3n) is 4.01. The third kappa shape index (κ3) is 2.76.